The second-order valence-corrected chi connectivity index (χ2v) is 4.54. The number of rotatable bonds is 8. The van der Waals surface area contributed by atoms with Crippen molar-refractivity contribution in [2.45, 2.75) is 52.1 Å². The molecule has 0 spiro atoms. The standard InChI is InChI=1S/C14H22N2O2/c1-3-7-13(8-4-2)15-11-12-9-5-6-10-14(12)16(17)18/h5-6,9-10,13,15H,3-4,7-8,11H2,1-2H3. The number of hydrogen-bond donors (Lipinski definition) is 1. The predicted octanol–water partition coefficient (Wildman–Crippen LogP) is 3.65. The van der Waals surface area contributed by atoms with Gasteiger partial charge in [-0.05, 0) is 12.8 Å². The molecule has 0 heterocycles. The lowest BCUT2D eigenvalue weighted by Crippen LogP contribution is -2.28. The third-order valence-electron chi connectivity index (χ3n) is 3.04. The highest BCUT2D eigenvalue weighted by atomic mass is 16.6. The van der Waals surface area contributed by atoms with Gasteiger partial charge in [-0.25, -0.2) is 0 Å². The van der Waals surface area contributed by atoms with Crippen LogP contribution in [0, 0.1) is 10.1 Å². The summed E-state index contributed by atoms with van der Waals surface area (Å²) >= 11 is 0. The van der Waals surface area contributed by atoms with Gasteiger partial charge >= 0.3 is 0 Å². The third kappa shape index (κ3) is 4.45. The predicted molar refractivity (Wildman–Crippen MR) is 73.5 cm³/mol. The molecule has 0 atom stereocenters. The second-order valence-electron chi connectivity index (χ2n) is 4.54. The molecule has 0 aromatic heterocycles. The van der Waals surface area contributed by atoms with Gasteiger partial charge in [0.25, 0.3) is 5.69 Å². The fourth-order valence-corrected chi connectivity index (χ4v) is 2.14. The zero-order chi connectivity index (χ0) is 13.4. The maximum absolute atomic E-state index is 10.9. The van der Waals surface area contributed by atoms with Gasteiger partial charge in [0.2, 0.25) is 0 Å². The van der Waals surface area contributed by atoms with Crippen molar-refractivity contribution in [2.75, 3.05) is 0 Å². The van der Waals surface area contributed by atoms with Crippen molar-refractivity contribution < 1.29 is 4.92 Å². The zero-order valence-corrected chi connectivity index (χ0v) is 11.2. The molecule has 0 aliphatic heterocycles. The molecular weight excluding hydrogens is 228 g/mol. The van der Waals surface area contributed by atoms with E-state index in [0.717, 1.165) is 31.2 Å². The van der Waals surface area contributed by atoms with E-state index >= 15 is 0 Å². The first-order chi connectivity index (χ1) is 8.69. The van der Waals surface area contributed by atoms with E-state index < -0.39 is 0 Å². The van der Waals surface area contributed by atoms with Gasteiger partial charge in [0, 0.05) is 24.2 Å². The average Bonchev–Trinajstić information content (AvgIpc) is 2.36. The van der Waals surface area contributed by atoms with Crippen LogP contribution in [-0.2, 0) is 6.54 Å². The summed E-state index contributed by atoms with van der Waals surface area (Å²) < 4.78 is 0. The van der Waals surface area contributed by atoms with Crippen molar-refractivity contribution in [3.63, 3.8) is 0 Å². The molecule has 1 aromatic rings. The maximum atomic E-state index is 10.9. The number of nitro benzene ring substituents is 1. The normalized spacial score (nSPS) is 10.8. The highest BCUT2D eigenvalue weighted by Gasteiger charge is 2.13. The van der Waals surface area contributed by atoms with Crippen LogP contribution in [0.5, 0.6) is 0 Å². The summed E-state index contributed by atoms with van der Waals surface area (Å²) in [4.78, 5) is 10.6. The van der Waals surface area contributed by atoms with Gasteiger partial charge in [-0.2, -0.15) is 0 Å². The molecule has 0 aliphatic carbocycles. The van der Waals surface area contributed by atoms with Crippen molar-refractivity contribution in [1.82, 2.24) is 5.32 Å². The molecule has 4 heteroatoms. The van der Waals surface area contributed by atoms with E-state index in [1.807, 2.05) is 12.1 Å². The smallest absolute Gasteiger partial charge is 0.273 e. The molecule has 0 amide bonds. The van der Waals surface area contributed by atoms with Crippen LogP contribution in [0.15, 0.2) is 24.3 Å². The molecule has 0 saturated carbocycles. The second kappa shape index (κ2) is 7.82. The minimum atomic E-state index is -0.314. The fraction of sp³-hybridized carbons (Fsp3) is 0.571. The zero-order valence-electron chi connectivity index (χ0n) is 11.2. The number of benzene rings is 1. The Morgan fingerprint density at radius 2 is 1.83 bits per heavy atom. The lowest BCUT2D eigenvalue weighted by atomic mass is 10.1. The first-order valence-corrected chi connectivity index (χ1v) is 6.64. The van der Waals surface area contributed by atoms with Gasteiger partial charge in [-0.15, -0.1) is 0 Å². The summed E-state index contributed by atoms with van der Waals surface area (Å²) in [6.07, 6.45) is 4.51. The molecule has 1 N–H and O–H groups in total. The summed E-state index contributed by atoms with van der Waals surface area (Å²) in [7, 11) is 0. The quantitative estimate of drug-likeness (QED) is 0.566. The van der Waals surface area contributed by atoms with Gasteiger partial charge in [0.05, 0.1) is 4.92 Å². The van der Waals surface area contributed by atoms with Crippen molar-refractivity contribution in [2.24, 2.45) is 0 Å². The Bertz CT molecular complexity index is 374. The van der Waals surface area contributed by atoms with Crippen molar-refractivity contribution in [3.05, 3.63) is 39.9 Å². The maximum Gasteiger partial charge on any atom is 0.273 e. The first kappa shape index (κ1) is 14.6. The van der Waals surface area contributed by atoms with Gasteiger partial charge in [0.15, 0.2) is 0 Å². The highest BCUT2D eigenvalue weighted by Crippen LogP contribution is 2.18. The summed E-state index contributed by atoms with van der Waals surface area (Å²) in [5.74, 6) is 0. The van der Waals surface area contributed by atoms with E-state index in [-0.39, 0.29) is 10.6 Å². The largest absolute Gasteiger partial charge is 0.310 e. The van der Waals surface area contributed by atoms with Crippen LogP contribution >= 0.6 is 0 Å². The Labute approximate surface area is 109 Å². The number of nitro groups is 1. The summed E-state index contributed by atoms with van der Waals surface area (Å²) in [5.41, 5.74) is 0.969. The molecule has 0 radical (unpaired) electrons. The van der Waals surface area contributed by atoms with Crippen molar-refractivity contribution in [1.29, 1.82) is 0 Å². The topological polar surface area (TPSA) is 55.2 Å². The molecule has 0 fully saturated rings. The Morgan fingerprint density at radius 1 is 1.22 bits per heavy atom. The molecule has 0 aliphatic rings. The van der Waals surface area contributed by atoms with E-state index in [9.17, 15) is 10.1 Å². The van der Waals surface area contributed by atoms with E-state index in [4.69, 9.17) is 0 Å². The van der Waals surface area contributed by atoms with Crippen LogP contribution in [0.1, 0.15) is 45.1 Å². The Morgan fingerprint density at radius 3 is 2.39 bits per heavy atom. The minimum absolute atomic E-state index is 0.205. The molecule has 18 heavy (non-hydrogen) atoms. The monoisotopic (exact) mass is 250 g/mol. The van der Waals surface area contributed by atoms with E-state index in [2.05, 4.69) is 19.2 Å². The van der Waals surface area contributed by atoms with Crippen molar-refractivity contribution >= 4 is 5.69 Å². The Kier molecular flexibility index (Phi) is 6.36. The van der Waals surface area contributed by atoms with E-state index in [1.54, 1.807) is 12.1 Å². The van der Waals surface area contributed by atoms with Crippen molar-refractivity contribution in [3.8, 4) is 0 Å². The molecule has 1 rings (SSSR count). The van der Waals surface area contributed by atoms with E-state index in [1.165, 1.54) is 0 Å². The fourth-order valence-electron chi connectivity index (χ4n) is 2.14. The van der Waals surface area contributed by atoms with Gasteiger partial charge in [0.1, 0.15) is 0 Å². The highest BCUT2D eigenvalue weighted by molar-refractivity contribution is 5.39. The van der Waals surface area contributed by atoms with Crippen LogP contribution < -0.4 is 5.32 Å². The van der Waals surface area contributed by atoms with Crippen LogP contribution in [0.3, 0.4) is 0 Å². The molecule has 0 saturated heterocycles. The molecular formula is C14H22N2O2. The number of nitrogens with one attached hydrogen (secondary N) is 1. The number of para-hydroxylation sites is 1. The van der Waals surface area contributed by atoms with Crippen LogP contribution in [-0.4, -0.2) is 11.0 Å². The summed E-state index contributed by atoms with van der Waals surface area (Å²) in [6, 6.07) is 7.39. The SMILES string of the molecule is CCCC(CCC)NCc1ccccc1[N+](=O)[O-]. The first-order valence-electron chi connectivity index (χ1n) is 6.64. The van der Waals surface area contributed by atoms with Gasteiger partial charge in [-0.3, -0.25) is 10.1 Å². The van der Waals surface area contributed by atoms with Crippen LogP contribution in [0.25, 0.3) is 0 Å². The van der Waals surface area contributed by atoms with Crippen LogP contribution in [0.4, 0.5) is 5.69 Å². The van der Waals surface area contributed by atoms with Gasteiger partial charge in [-0.1, -0.05) is 44.9 Å². The molecule has 100 valence electrons. The van der Waals surface area contributed by atoms with Gasteiger partial charge < -0.3 is 5.32 Å². The lowest BCUT2D eigenvalue weighted by Gasteiger charge is -2.17. The number of nitrogens with zero attached hydrogens (tertiary/aromatic N) is 1. The summed E-state index contributed by atoms with van der Waals surface area (Å²) in [5, 5.41) is 14.3. The van der Waals surface area contributed by atoms with E-state index in [0.29, 0.717) is 12.6 Å². The Balaban J connectivity index is 2.63. The lowest BCUT2D eigenvalue weighted by molar-refractivity contribution is -0.385. The minimum Gasteiger partial charge on any atom is -0.310 e. The average molecular weight is 250 g/mol. The number of hydrogen-bond acceptors (Lipinski definition) is 3. The molecule has 0 unspecified atom stereocenters. The summed E-state index contributed by atoms with van der Waals surface area (Å²) in [6.45, 7) is 4.90. The third-order valence-corrected chi connectivity index (χ3v) is 3.04. The molecule has 4 nitrogen and oxygen atoms in total. The molecule has 0 bridgehead atoms. The van der Waals surface area contributed by atoms with Crippen LogP contribution in [0.2, 0.25) is 0 Å². The Hall–Kier alpha value is -1.42. The molecule has 1 aromatic carbocycles.